The van der Waals surface area contributed by atoms with E-state index in [1.165, 1.54) is 38.5 Å². The van der Waals surface area contributed by atoms with Crippen molar-refractivity contribution in [2.45, 2.75) is 64.9 Å². The van der Waals surface area contributed by atoms with Crippen LogP contribution in [0.2, 0.25) is 0 Å². The fraction of sp³-hybridized carbons (Fsp3) is 1.00. The predicted molar refractivity (Wildman–Crippen MR) is 61.4 cm³/mol. The molecule has 0 aromatic carbocycles. The number of methoxy groups -OCH3 is 1. The zero-order valence-corrected chi connectivity index (χ0v) is 10.3. The zero-order valence-electron chi connectivity index (χ0n) is 10.3. The van der Waals surface area contributed by atoms with Crippen molar-refractivity contribution in [3.05, 3.63) is 0 Å². The molecule has 2 atom stereocenters. The van der Waals surface area contributed by atoms with Crippen molar-refractivity contribution in [2.24, 2.45) is 11.8 Å². The van der Waals surface area contributed by atoms with E-state index in [2.05, 4.69) is 20.8 Å². The van der Waals surface area contributed by atoms with Gasteiger partial charge in [-0.2, -0.15) is 0 Å². The molecule has 0 spiro atoms. The van der Waals surface area contributed by atoms with Crippen LogP contribution in [0.1, 0.15) is 59.3 Å². The molecule has 0 radical (unpaired) electrons. The molecule has 0 bridgehead atoms. The fourth-order valence-corrected chi connectivity index (χ4v) is 2.48. The summed E-state index contributed by atoms with van der Waals surface area (Å²) in [6.45, 7) is 6.78. The largest absolute Gasteiger partial charge is 0.379 e. The van der Waals surface area contributed by atoms with E-state index in [9.17, 15) is 0 Å². The molecule has 0 amide bonds. The molecular formula is C13H26O. The average Bonchev–Trinajstić information content (AvgIpc) is 2.15. The number of hydrogen-bond donors (Lipinski definition) is 0. The number of ether oxygens (including phenoxy) is 1. The second-order valence-electron chi connectivity index (χ2n) is 5.64. The van der Waals surface area contributed by atoms with Crippen LogP contribution >= 0.6 is 0 Å². The van der Waals surface area contributed by atoms with Crippen LogP contribution in [-0.2, 0) is 4.74 Å². The summed E-state index contributed by atoms with van der Waals surface area (Å²) in [6, 6.07) is 0. The van der Waals surface area contributed by atoms with Gasteiger partial charge in [0.2, 0.25) is 0 Å². The maximum atomic E-state index is 5.46. The Bertz CT molecular complexity index is 163. The van der Waals surface area contributed by atoms with Crippen molar-refractivity contribution >= 4 is 0 Å². The summed E-state index contributed by atoms with van der Waals surface area (Å²) < 4.78 is 5.46. The lowest BCUT2D eigenvalue weighted by molar-refractivity contribution is 0.00831. The van der Waals surface area contributed by atoms with Gasteiger partial charge in [0.1, 0.15) is 0 Å². The summed E-state index contributed by atoms with van der Waals surface area (Å²) in [4.78, 5) is 0. The van der Waals surface area contributed by atoms with Crippen LogP contribution in [0.3, 0.4) is 0 Å². The van der Waals surface area contributed by atoms with E-state index in [1.807, 2.05) is 7.11 Å². The van der Waals surface area contributed by atoms with Crippen LogP contribution in [-0.4, -0.2) is 12.7 Å². The minimum absolute atomic E-state index is 0.0840. The van der Waals surface area contributed by atoms with E-state index in [4.69, 9.17) is 4.74 Å². The molecule has 0 N–H and O–H groups in total. The lowest BCUT2D eigenvalue weighted by Gasteiger charge is -2.30. The van der Waals surface area contributed by atoms with Crippen LogP contribution in [0.5, 0.6) is 0 Å². The number of rotatable bonds is 4. The van der Waals surface area contributed by atoms with Gasteiger partial charge in [-0.05, 0) is 44.9 Å². The first-order chi connectivity index (χ1) is 6.53. The SMILES string of the molecule is COC(C)(C)CCC1CCCC(C)C1. The molecular weight excluding hydrogens is 172 g/mol. The molecule has 1 aliphatic rings. The van der Waals surface area contributed by atoms with E-state index in [0.717, 1.165) is 11.8 Å². The first-order valence-electron chi connectivity index (χ1n) is 6.08. The highest BCUT2D eigenvalue weighted by Crippen LogP contribution is 2.33. The summed E-state index contributed by atoms with van der Waals surface area (Å²) in [6.07, 6.45) is 8.35. The van der Waals surface area contributed by atoms with Gasteiger partial charge in [0.15, 0.2) is 0 Å². The maximum Gasteiger partial charge on any atom is 0.0622 e. The van der Waals surface area contributed by atoms with Crippen molar-refractivity contribution in [3.8, 4) is 0 Å². The first kappa shape index (κ1) is 12.0. The standard InChI is InChI=1S/C13H26O/c1-11-6-5-7-12(10-11)8-9-13(2,3)14-4/h11-12H,5-10H2,1-4H3. The van der Waals surface area contributed by atoms with Crippen LogP contribution in [0.15, 0.2) is 0 Å². The predicted octanol–water partition coefficient (Wildman–Crippen LogP) is 4.02. The molecule has 2 unspecified atom stereocenters. The van der Waals surface area contributed by atoms with E-state index in [-0.39, 0.29) is 5.60 Å². The van der Waals surface area contributed by atoms with Crippen molar-refractivity contribution in [3.63, 3.8) is 0 Å². The van der Waals surface area contributed by atoms with Crippen molar-refractivity contribution in [2.75, 3.05) is 7.11 Å². The van der Waals surface area contributed by atoms with Crippen LogP contribution in [0, 0.1) is 11.8 Å². The fourth-order valence-electron chi connectivity index (χ4n) is 2.48. The molecule has 0 aromatic heterocycles. The van der Waals surface area contributed by atoms with Gasteiger partial charge in [0.25, 0.3) is 0 Å². The number of hydrogen-bond acceptors (Lipinski definition) is 1. The second-order valence-corrected chi connectivity index (χ2v) is 5.64. The van der Waals surface area contributed by atoms with E-state index in [0.29, 0.717) is 0 Å². The minimum Gasteiger partial charge on any atom is -0.379 e. The van der Waals surface area contributed by atoms with Gasteiger partial charge in [-0.1, -0.05) is 26.2 Å². The second kappa shape index (κ2) is 5.16. The molecule has 1 nitrogen and oxygen atoms in total. The van der Waals surface area contributed by atoms with Gasteiger partial charge < -0.3 is 4.74 Å². The third kappa shape index (κ3) is 4.00. The summed E-state index contributed by atoms with van der Waals surface area (Å²) >= 11 is 0. The van der Waals surface area contributed by atoms with Crippen LogP contribution in [0.25, 0.3) is 0 Å². The van der Waals surface area contributed by atoms with E-state index in [1.54, 1.807) is 0 Å². The quantitative estimate of drug-likeness (QED) is 0.663. The maximum absolute atomic E-state index is 5.46. The molecule has 1 fully saturated rings. The van der Waals surface area contributed by atoms with Crippen molar-refractivity contribution in [1.29, 1.82) is 0 Å². The monoisotopic (exact) mass is 198 g/mol. The Morgan fingerprint density at radius 3 is 2.57 bits per heavy atom. The Morgan fingerprint density at radius 2 is 2.00 bits per heavy atom. The molecule has 0 aliphatic heterocycles. The van der Waals surface area contributed by atoms with Crippen LogP contribution < -0.4 is 0 Å². The lowest BCUT2D eigenvalue weighted by atomic mass is 9.79. The Morgan fingerprint density at radius 1 is 1.29 bits per heavy atom. The molecule has 1 rings (SSSR count). The third-order valence-electron chi connectivity index (χ3n) is 3.75. The van der Waals surface area contributed by atoms with Gasteiger partial charge in [-0.25, -0.2) is 0 Å². The van der Waals surface area contributed by atoms with Gasteiger partial charge in [0.05, 0.1) is 5.60 Å². The third-order valence-corrected chi connectivity index (χ3v) is 3.75. The van der Waals surface area contributed by atoms with Crippen molar-refractivity contribution < 1.29 is 4.74 Å². The molecule has 0 aromatic rings. The summed E-state index contributed by atoms with van der Waals surface area (Å²) in [5.74, 6) is 1.92. The Kier molecular flexibility index (Phi) is 4.43. The molecule has 1 saturated carbocycles. The summed E-state index contributed by atoms with van der Waals surface area (Å²) in [7, 11) is 1.82. The van der Waals surface area contributed by atoms with Gasteiger partial charge in [-0.3, -0.25) is 0 Å². The highest BCUT2D eigenvalue weighted by molar-refractivity contribution is 4.75. The smallest absolute Gasteiger partial charge is 0.0622 e. The van der Waals surface area contributed by atoms with E-state index >= 15 is 0 Å². The van der Waals surface area contributed by atoms with Crippen LogP contribution in [0.4, 0.5) is 0 Å². The van der Waals surface area contributed by atoms with Gasteiger partial charge in [-0.15, -0.1) is 0 Å². The molecule has 84 valence electrons. The molecule has 1 heteroatoms. The molecule has 0 saturated heterocycles. The Labute approximate surface area is 89.2 Å². The minimum atomic E-state index is 0.0840. The summed E-state index contributed by atoms with van der Waals surface area (Å²) in [5.41, 5.74) is 0.0840. The van der Waals surface area contributed by atoms with Gasteiger partial charge >= 0.3 is 0 Å². The highest BCUT2D eigenvalue weighted by Gasteiger charge is 2.22. The highest BCUT2D eigenvalue weighted by atomic mass is 16.5. The molecule has 1 aliphatic carbocycles. The molecule has 14 heavy (non-hydrogen) atoms. The zero-order chi connectivity index (χ0) is 10.6. The lowest BCUT2D eigenvalue weighted by Crippen LogP contribution is -2.24. The normalized spacial score (nSPS) is 29.1. The molecule has 0 heterocycles. The first-order valence-corrected chi connectivity index (χ1v) is 6.08. The topological polar surface area (TPSA) is 9.23 Å². The Hall–Kier alpha value is -0.0400. The average molecular weight is 198 g/mol. The van der Waals surface area contributed by atoms with E-state index < -0.39 is 0 Å². The van der Waals surface area contributed by atoms with Gasteiger partial charge in [0, 0.05) is 7.11 Å². The Balaban J connectivity index is 2.23. The van der Waals surface area contributed by atoms with Crippen molar-refractivity contribution in [1.82, 2.24) is 0 Å². The summed E-state index contributed by atoms with van der Waals surface area (Å²) in [5, 5.41) is 0.